The number of aryl methyl sites for hydroxylation is 2. The number of hydrogen-bond donors (Lipinski definition) is 0. The Hall–Kier alpha value is -3.40. The highest BCUT2D eigenvalue weighted by atomic mass is 35.5. The van der Waals surface area contributed by atoms with E-state index >= 15 is 0 Å². The monoisotopic (exact) mass is 424 g/mol. The number of nitro groups is 1. The summed E-state index contributed by atoms with van der Waals surface area (Å²) in [5.41, 5.74) is 0.688. The van der Waals surface area contributed by atoms with Crippen molar-refractivity contribution in [1.82, 2.24) is 4.98 Å². The molecule has 0 aliphatic heterocycles. The molecule has 0 amide bonds. The summed E-state index contributed by atoms with van der Waals surface area (Å²) >= 11 is 5.49. The summed E-state index contributed by atoms with van der Waals surface area (Å²) in [5.74, 6) is -0.105. The van der Waals surface area contributed by atoms with E-state index in [4.69, 9.17) is 25.8 Å². The maximum absolute atomic E-state index is 12.0. The predicted molar refractivity (Wildman–Crippen MR) is 102 cm³/mol. The molecule has 0 saturated heterocycles. The number of hydrogen-bond acceptors (Lipinski definition) is 9. The predicted octanol–water partition coefficient (Wildman–Crippen LogP) is 4.17. The molecule has 1 aromatic carbocycles. The standard InChI is InChI=1S/C18H17ClN2O8/c1-10-15(28-17(22)26-3)14(12-5-4-6-13(9-12)21(24)25)16(11(2)20-10)29-18(23)27-8-7-19/h4-6,9H,7-8H2,1-3H3. The van der Waals surface area contributed by atoms with Crippen LogP contribution in [-0.4, -0.2) is 41.8 Å². The number of aromatic nitrogens is 1. The van der Waals surface area contributed by atoms with Gasteiger partial charge in [0.15, 0.2) is 11.5 Å². The first-order valence-corrected chi connectivity index (χ1v) is 8.74. The summed E-state index contributed by atoms with van der Waals surface area (Å²) in [7, 11) is 1.12. The minimum absolute atomic E-state index is 0.0642. The third kappa shape index (κ3) is 5.32. The second-order valence-corrected chi connectivity index (χ2v) is 5.95. The van der Waals surface area contributed by atoms with Gasteiger partial charge >= 0.3 is 12.3 Å². The van der Waals surface area contributed by atoms with Crippen molar-refractivity contribution in [3.63, 3.8) is 0 Å². The number of non-ortho nitro benzene ring substituents is 1. The Morgan fingerprint density at radius 3 is 2.31 bits per heavy atom. The second-order valence-electron chi connectivity index (χ2n) is 5.57. The summed E-state index contributed by atoms with van der Waals surface area (Å²) in [6.07, 6.45) is -2.10. The van der Waals surface area contributed by atoms with Crippen LogP contribution >= 0.6 is 11.6 Å². The first kappa shape index (κ1) is 21.9. The van der Waals surface area contributed by atoms with Gasteiger partial charge in [-0.2, -0.15) is 0 Å². The van der Waals surface area contributed by atoms with Gasteiger partial charge in [0, 0.05) is 12.1 Å². The van der Waals surface area contributed by atoms with E-state index in [9.17, 15) is 19.7 Å². The van der Waals surface area contributed by atoms with Gasteiger partial charge in [0.1, 0.15) is 6.61 Å². The van der Waals surface area contributed by atoms with Crippen molar-refractivity contribution in [2.45, 2.75) is 13.8 Å². The molecule has 0 radical (unpaired) electrons. The quantitative estimate of drug-likeness (QED) is 0.290. The molecule has 29 heavy (non-hydrogen) atoms. The van der Waals surface area contributed by atoms with E-state index < -0.39 is 17.2 Å². The molecular formula is C18H17ClN2O8. The van der Waals surface area contributed by atoms with Crippen molar-refractivity contribution in [3.05, 3.63) is 45.8 Å². The number of nitro benzene ring substituents is 1. The van der Waals surface area contributed by atoms with Gasteiger partial charge in [0.2, 0.25) is 0 Å². The first-order chi connectivity index (χ1) is 13.8. The van der Waals surface area contributed by atoms with Crippen LogP contribution in [0.3, 0.4) is 0 Å². The Balaban J connectivity index is 2.70. The van der Waals surface area contributed by atoms with Crippen LogP contribution in [0.4, 0.5) is 15.3 Å². The number of methoxy groups -OCH3 is 1. The summed E-state index contributed by atoms with van der Waals surface area (Å²) in [4.78, 5) is 38.5. The van der Waals surface area contributed by atoms with Crippen molar-refractivity contribution in [1.29, 1.82) is 0 Å². The number of pyridine rings is 1. The van der Waals surface area contributed by atoms with Crippen molar-refractivity contribution in [2.75, 3.05) is 19.6 Å². The number of halogens is 1. The number of carbonyl (C=O) groups excluding carboxylic acids is 2. The Morgan fingerprint density at radius 2 is 1.76 bits per heavy atom. The van der Waals surface area contributed by atoms with E-state index in [-0.39, 0.29) is 52.2 Å². The van der Waals surface area contributed by atoms with E-state index in [0.29, 0.717) is 0 Å². The smallest absolute Gasteiger partial charge is 0.437 e. The normalized spacial score (nSPS) is 10.2. The number of ether oxygens (including phenoxy) is 4. The van der Waals surface area contributed by atoms with E-state index in [1.165, 1.54) is 24.3 Å². The molecule has 0 saturated carbocycles. The second kappa shape index (κ2) is 9.69. The van der Waals surface area contributed by atoms with Crippen molar-refractivity contribution in [2.24, 2.45) is 0 Å². The zero-order valence-corrected chi connectivity index (χ0v) is 16.5. The van der Waals surface area contributed by atoms with Gasteiger partial charge in [-0.15, -0.1) is 11.6 Å². The molecule has 0 atom stereocenters. The zero-order valence-electron chi connectivity index (χ0n) is 15.8. The minimum atomic E-state index is -1.06. The summed E-state index contributed by atoms with van der Waals surface area (Å²) < 4.78 is 19.8. The van der Waals surface area contributed by atoms with Gasteiger partial charge < -0.3 is 18.9 Å². The van der Waals surface area contributed by atoms with E-state index in [1.54, 1.807) is 13.8 Å². The fourth-order valence-electron chi connectivity index (χ4n) is 2.46. The highest BCUT2D eigenvalue weighted by Crippen LogP contribution is 2.43. The summed E-state index contributed by atoms with van der Waals surface area (Å²) in [6, 6.07) is 5.51. The largest absolute Gasteiger partial charge is 0.513 e. The van der Waals surface area contributed by atoms with E-state index in [1.807, 2.05) is 0 Å². The molecule has 0 unspecified atom stereocenters. The van der Waals surface area contributed by atoms with Gasteiger partial charge in [-0.3, -0.25) is 15.1 Å². The lowest BCUT2D eigenvalue weighted by Crippen LogP contribution is -2.16. The van der Waals surface area contributed by atoms with Crippen LogP contribution in [-0.2, 0) is 9.47 Å². The lowest BCUT2D eigenvalue weighted by atomic mass is 10.0. The van der Waals surface area contributed by atoms with Crippen LogP contribution in [0, 0.1) is 24.0 Å². The lowest BCUT2D eigenvalue weighted by Gasteiger charge is -2.17. The molecule has 154 valence electrons. The molecule has 0 spiro atoms. The van der Waals surface area contributed by atoms with Crippen LogP contribution in [0.15, 0.2) is 24.3 Å². The minimum Gasteiger partial charge on any atom is -0.437 e. The molecule has 1 heterocycles. The van der Waals surface area contributed by atoms with Gasteiger partial charge in [-0.25, -0.2) is 9.59 Å². The molecule has 0 aliphatic rings. The Kier molecular flexibility index (Phi) is 7.32. The summed E-state index contributed by atoms with van der Waals surface area (Å²) in [5, 5.41) is 11.2. The zero-order chi connectivity index (χ0) is 21.6. The topological polar surface area (TPSA) is 127 Å². The SMILES string of the molecule is COC(=O)Oc1c(C)nc(C)c(OC(=O)OCCCl)c1-c1cccc([N+](=O)[O-])c1. The van der Waals surface area contributed by atoms with Crippen molar-refractivity contribution < 1.29 is 33.5 Å². The Morgan fingerprint density at radius 1 is 1.14 bits per heavy atom. The summed E-state index contributed by atoms with van der Waals surface area (Å²) in [6.45, 7) is 3.03. The fourth-order valence-corrected chi connectivity index (χ4v) is 2.54. The van der Waals surface area contributed by atoms with Crippen molar-refractivity contribution in [3.8, 4) is 22.6 Å². The average molecular weight is 425 g/mol. The number of benzene rings is 1. The number of rotatable bonds is 6. The number of carbonyl (C=O) groups is 2. The molecule has 1 aromatic heterocycles. The molecule has 10 nitrogen and oxygen atoms in total. The highest BCUT2D eigenvalue weighted by Gasteiger charge is 2.26. The highest BCUT2D eigenvalue weighted by molar-refractivity contribution is 6.18. The van der Waals surface area contributed by atoms with Crippen molar-refractivity contribution >= 4 is 29.6 Å². The molecule has 0 fully saturated rings. The third-order valence-corrected chi connectivity index (χ3v) is 3.78. The van der Waals surface area contributed by atoms with Crippen LogP contribution in [0.5, 0.6) is 11.5 Å². The Labute approximate surface area is 170 Å². The molecule has 0 aliphatic carbocycles. The molecular weight excluding hydrogens is 408 g/mol. The van der Waals surface area contributed by atoms with Crippen LogP contribution in [0.2, 0.25) is 0 Å². The Bertz CT molecular complexity index is 948. The van der Waals surface area contributed by atoms with E-state index in [2.05, 4.69) is 9.72 Å². The van der Waals surface area contributed by atoms with Gasteiger partial charge in [-0.1, -0.05) is 12.1 Å². The van der Waals surface area contributed by atoms with Gasteiger partial charge in [0.05, 0.1) is 34.9 Å². The maximum Gasteiger partial charge on any atom is 0.513 e. The molecule has 11 heteroatoms. The first-order valence-electron chi connectivity index (χ1n) is 8.20. The van der Waals surface area contributed by atoms with Gasteiger partial charge in [-0.05, 0) is 19.4 Å². The lowest BCUT2D eigenvalue weighted by molar-refractivity contribution is -0.384. The maximum atomic E-state index is 12.0. The van der Waals surface area contributed by atoms with Gasteiger partial charge in [0.25, 0.3) is 5.69 Å². The molecule has 0 bridgehead atoms. The average Bonchev–Trinajstić information content (AvgIpc) is 2.69. The molecule has 2 aromatic rings. The molecule has 2 rings (SSSR count). The third-order valence-electron chi connectivity index (χ3n) is 3.63. The molecule has 0 N–H and O–H groups in total. The van der Waals surface area contributed by atoms with Crippen LogP contribution < -0.4 is 9.47 Å². The van der Waals surface area contributed by atoms with E-state index in [0.717, 1.165) is 7.11 Å². The van der Waals surface area contributed by atoms with Crippen LogP contribution in [0.25, 0.3) is 11.1 Å². The number of alkyl halides is 1. The van der Waals surface area contributed by atoms with Crippen LogP contribution in [0.1, 0.15) is 11.4 Å². The fraction of sp³-hybridized carbons (Fsp3) is 0.278. The number of nitrogens with zero attached hydrogens (tertiary/aromatic N) is 2.